The first-order valence-corrected chi connectivity index (χ1v) is 7.97. The van der Waals surface area contributed by atoms with Crippen molar-refractivity contribution in [1.82, 2.24) is 0 Å². The van der Waals surface area contributed by atoms with E-state index in [0.29, 0.717) is 36.8 Å². The van der Waals surface area contributed by atoms with Gasteiger partial charge in [0.05, 0.1) is 13.7 Å². The lowest BCUT2D eigenvalue weighted by Gasteiger charge is -2.12. The van der Waals surface area contributed by atoms with Crippen LogP contribution in [-0.2, 0) is 11.2 Å². The average molecular weight is 363 g/mol. The fourth-order valence-electron chi connectivity index (χ4n) is 2.28. The van der Waals surface area contributed by atoms with Gasteiger partial charge in [-0.3, -0.25) is 4.79 Å². The molecule has 0 fully saturated rings. The average Bonchev–Trinajstić information content (AvgIpc) is 3.07. The topological polar surface area (TPSA) is 107 Å². The van der Waals surface area contributed by atoms with Crippen molar-refractivity contribution < 1.29 is 33.3 Å². The third kappa shape index (κ3) is 4.54. The maximum atomic E-state index is 12.4. The summed E-state index contributed by atoms with van der Waals surface area (Å²) in [5.74, 6) is -0.554. The van der Waals surface area contributed by atoms with Crippen LogP contribution in [0.5, 0.6) is 11.5 Å². The van der Waals surface area contributed by atoms with Crippen LogP contribution in [0, 0.1) is 0 Å². The molecule has 0 saturated carbocycles. The minimum atomic E-state index is -1.14. The summed E-state index contributed by atoms with van der Waals surface area (Å²) in [6.07, 6.45) is 0.370. The molecule has 0 atom stereocenters. The molecule has 1 aromatic carbocycles. The molecule has 1 amide bonds. The molecule has 140 valence electrons. The molecule has 0 aliphatic rings. The highest BCUT2D eigenvalue weighted by Crippen LogP contribution is 2.30. The van der Waals surface area contributed by atoms with E-state index in [1.54, 1.807) is 32.2 Å². The van der Waals surface area contributed by atoms with E-state index in [1.807, 2.05) is 0 Å². The van der Waals surface area contributed by atoms with E-state index < -0.39 is 11.9 Å². The molecule has 0 unspecified atom stereocenters. The predicted molar refractivity (Wildman–Crippen MR) is 93.4 cm³/mol. The molecule has 8 heteroatoms. The van der Waals surface area contributed by atoms with Gasteiger partial charge in [0, 0.05) is 31.4 Å². The van der Waals surface area contributed by atoms with Crippen molar-refractivity contribution in [3.63, 3.8) is 0 Å². The number of aromatic carboxylic acids is 1. The molecule has 26 heavy (non-hydrogen) atoms. The second kappa shape index (κ2) is 8.91. The Hall–Kier alpha value is -3.00. The van der Waals surface area contributed by atoms with Gasteiger partial charge < -0.3 is 29.1 Å². The van der Waals surface area contributed by atoms with Gasteiger partial charge in [-0.2, -0.15) is 0 Å². The summed E-state index contributed by atoms with van der Waals surface area (Å²) in [6, 6.07) is 6.12. The second-order valence-electron chi connectivity index (χ2n) is 5.27. The van der Waals surface area contributed by atoms with E-state index in [0.717, 1.165) is 0 Å². The summed E-state index contributed by atoms with van der Waals surface area (Å²) >= 11 is 0. The van der Waals surface area contributed by atoms with E-state index in [4.69, 9.17) is 23.7 Å². The van der Waals surface area contributed by atoms with Crippen LogP contribution in [0.25, 0.3) is 0 Å². The van der Waals surface area contributed by atoms with Crippen molar-refractivity contribution in [2.75, 3.05) is 32.8 Å². The summed E-state index contributed by atoms with van der Waals surface area (Å²) in [7, 11) is 3.08. The van der Waals surface area contributed by atoms with E-state index >= 15 is 0 Å². The van der Waals surface area contributed by atoms with Crippen LogP contribution < -0.4 is 14.8 Å². The first kappa shape index (κ1) is 19.3. The van der Waals surface area contributed by atoms with Crippen LogP contribution >= 0.6 is 0 Å². The van der Waals surface area contributed by atoms with Crippen LogP contribution in [0.3, 0.4) is 0 Å². The van der Waals surface area contributed by atoms with E-state index in [-0.39, 0.29) is 17.1 Å². The zero-order valence-corrected chi connectivity index (χ0v) is 14.8. The van der Waals surface area contributed by atoms with Gasteiger partial charge in [-0.15, -0.1) is 0 Å². The van der Waals surface area contributed by atoms with Crippen molar-refractivity contribution in [3.05, 3.63) is 41.3 Å². The number of rotatable bonds is 9. The smallest absolute Gasteiger partial charge is 0.339 e. The molecule has 0 aliphatic carbocycles. The third-order valence-corrected chi connectivity index (χ3v) is 3.55. The first-order valence-electron chi connectivity index (χ1n) is 7.97. The Balaban J connectivity index is 2.18. The SMILES string of the molecule is CCc1oc(C(=O)Nc2ccc(OC)c(OCCOC)c2)cc1C(=O)O. The highest BCUT2D eigenvalue weighted by atomic mass is 16.5. The fourth-order valence-corrected chi connectivity index (χ4v) is 2.28. The highest BCUT2D eigenvalue weighted by Gasteiger charge is 2.20. The number of ether oxygens (including phenoxy) is 3. The summed E-state index contributed by atoms with van der Waals surface area (Å²) in [6.45, 7) is 2.48. The number of furan rings is 1. The number of benzene rings is 1. The molecule has 1 heterocycles. The summed E-state index contributed by atoms with van der Waals surface area (Å²) < 4.78 is 21.1. The van der Waals surface area contributed by atoms with Crippen molar-refractivity contribution in [2.24, 2.45) is 0 Å². The number of amides is 1. The van der Waals surface area contributed by atoms with E-state index in [2.05, 4.69) is 5.32 Å². The molecular weight excluding hydrogens is 342 g/mol. The maximum Gasteiger partial charge on any atom is 0.339 e. The van der Waals surface area contributed by atoms with Gasteiger partial charge in [0.25, 0.3) is 5.91 Å². The minimum absolute atomic E-state index is 0.0176. The van der Waals surface area contributed by atoms with Crippen molar-refractivity contribution in [2.45, 2.75) is 13.3 Å². The maximum absolute atomic E-state index is 12.4. The number of hydrogen-bond acceptors (Lipinski definition) is 6. The molecule has 0 radical (unpaired) electrons. The normalized spacial score (nSPS) is 10.4. The Bertz CT molecular complexity index is 782. The van der Waals surface area contributed by atoms with Crippen LogP contribution in [0.1, 0.15) is 33.6 Å². The number of nitrogens with one attached hydrogen (secondary N) is 1. The molecule has 0 aliphatic heterocycles. The molecule has 0 bridgehead atoms. The second-order valence-corrected chi connectivity index (χ2v) is 5.27. The molecule has 0 saturated heterocycles. The highest BCUT2D eigenvalue weighted by molar-refractivity contribution is 6.04. The Labute approximate surface area is 150 Å². The zero-order chi connectivity index (χ0) is 19.1. The van der Waals surface area contributed by atoms with Crippen LogP contribution in [-0.4, -0.2) is 44.4 Å². The Morgan fingerprint density at radius 3 is 2.50 bits per heavy atom. The van der Waals surface area contributed by atoms with Gasteiger partial charge in [-0.05, 0) is 12.1 Å². The lowest BCUT2D eigenvalue weighted by Crippen LogP contribution is -2.11. The van der Waals surface area contributed by atoms with Crippen molar-refractivity contribution >= 4 is 17.6 Å². The lowest BCUT2D eigenvalue weighted by atomic mass is 10.2. The largest absolute Gasteiger partial charge is 0.493 e. The predicted octanol–water partition coefficient (Wildman–Crippen LogP) is 2.83. The summed E-state index contributed by atoms with van der Waals surface area (Å²) in [5.41, 5.74) is 0.436. The lowest BCUT2D eigenvalue weighted by molar-refractivity contribution is 0.0694. The zero-order valence-electron chi connectivity index (χ0n) is 14.8. The third-order valence-electron chi connectivity index (χ3n) is 3.55. The molecule has 8 nitrogen and oxygen atoms in total. The molecule has 2 aromatic rings. The number of carbonyl (C=O) groups is 2. The fraction of sp³-hybridized carbons (Fsp3) is 0.333. The van der Waals surface area contributed by atoms with Gasteiger partial charge >= 0.3 is 5.97 Å². The Morgan fingerprint density at radius 1 is 1.15 bits per heavy atom. The van der Waals surface area contributed by atoms with Crippen molar-refractivity contribution in [1.29, 1.82) is 0 Å². The van der Waals surface area contributed by atoms with Crippen LogP contribution in [0.4, 0.5) is 5.69 Å². The summed E-state index contributed by atoms with van der Waals surface area (Å²) in [4.78, 5) is 23.5. The van der Waals surface area contributed by atoms with Crippen molar-refractivity contribution in [3.8, 4) is 11.5 Å². The van der Waals surface area contributed by atoms with E-state index in [1.165, 1.54) is 13.2 Å². The van der Waals surface area contributed by atoms with E-state index in [9.17, 15) is 9.59 Å². The molecule has 2 rings (SSSR count). The van der Waals surface area contributed by atoms with Crippen LogP contribution in [0.15, 0.2) is 28.7 Å². The minimum Gasteiger partial charge on any atom is -0.493 e. The molecular formula is C18H21NO7. The van der Waals surface area contributed by atoms with Gasteiger partial charge in [0.1, 0.15) is 17.9 Å². The van der Waals surface area contributed by atoms with Crippen LogP contribution in [0.2, 0.25) is 0 Å². The van der Waals surface area contributed by atoms with Gasteiger partial charge in [-0.25, -0.2) is 4.79 Å². The summed E-state index contributed by atoms with van der Waals surface area (Å²) in [5, 5.41) is 11.8. The number of methoxy groups -OCH3 is 2. The van der Waals surface area contributed by atoms with Gasteiger partial charge in [0.2, 0.25) is 0 Å². The number of carbonyl (C=O) groups excluding carboxylic acids is 1. The Kier molecular flexibility index (Phi) is 6.62. The molecule has 2 N–H and O–H groups in total. The number of aryl methyl sites for hydroxylation is 1. The van der Waals surface area contributed by atoms with Gasteiger partial charge in [-0.1, -0.05) is 6.92 Å². The number of anilines is 1. The number of hydrogen-bond donors (Lipinski definition) is 2. The molecule has 0 spiro atoms. The quantitative estimate of drug-likeness (QED) is 0.660. The number of carboxylic acid groups (broad SMARTS) is 1. The monoisotopic (exact) mass is 363 g/mol. The number of carboxylic acids is 1. The molecule has 1 aromatic heterocycles. The Morgan fingerprint density at radius 2 is 1.92 bits per heavy atom. The standard InChI is InChI=1S/C18H21NO7/c1-4-13-12(18(21)22)10-16(26-13)17(20)19-11-5-6-14(24-3)15(9-11)25-8-7-23-2/h5-6,9-10H,4,7-8H2,1-3H3,(H,19,20)(H,21,22). The van der Waals surface area contributed by atoms with Gasteiger partial charge in [0.15, 0.2) is 17.3 Å². The first-order chi connectivity index (χ1) is 12.5.